The van der Waals surface area contributed by atoms with Gasteiger partial charge in [0, 0.05) is 5.56 Å². The van der Waals surface area contributed by atoms with E-state index < -0.39 is 12.1 Å². The number of hydrogen-bond acceptors (Lipinski definition) is 4. The summed E-state index contributed by atoms with van der Waals surface area (Å²) in [6.07, 6.45) is -1.17. The van der Waals surface area contributed by atoms with Crippen LogP contribution in [0.3, 0.4) is 0 Å². The molecule has 0 bridgehead atoms. The molecule has 2 rings (SSSR count). The Kier molecular flexibility index (Phi) is 6.44. The maximum Gasteiger partial charge on any atom is 0.308 e. The van der Waals surface area contributed by atoms with Crippen LogP contribution >= 0.6 is 11.6 Å². The Labute approximate surface area is 140 Å². The highest BCUT2D eigenvalue weighted by Crippen LogP contribution is 2.34. The van der Waals surface area contributed by atoms with E-state index in [1.54, 1.807) is 25.1 Å². The summed E-state index contributed by atoms with van der Waals surface area (Å²) in [6, 6.07) is 14.7. The van der Waals surface area contributed by atoms with Crippen molar-refractivity contribution in [1.29, 1.82) is 0 Å². The highest BCUT2D eigenvalue weighted by molar-refractivity contribution is 6.32. The van der Waals surface area contributed by atoms with Gasteiger partial charge in [-0.15, -0.1) is 0 Å². The van der Waals surface area contributed by atoms with Crippen LogP contribution in [0, 0.1) is 0 Å². The predicted octanol–water partition coefficient (Wildman–Crippen LogP) is 3.91. The number of rotatable bonds is 7. The van der Waals surface area contributed by atoms with Crippen molar-refractivity contribution in [2.24, 2.45) is 0 Å². The molecular weight excluding hydrogens is 316 g/mol. The molecule has 0 spiro atoms. The quantitative estimate of drug-likeness (QED) is 0.780. The summed E-state index contributed by atoms with van der Waals surface area (Å²) in [5.41, 5.74) is 1.46. The van der Waals surface area contributed by atoms with Crippen LogP contribution in [0.25, 0.3) is 0 Å². The zero-order valence-electron chi connectivity index (χ0n) is 12.9. The Bertz CT molecular complexity index is 643. The van der Waals surface area contributed by atoms with Gasteiger partial charge >= 0.3 is 5.97 Å². The van der Waals surface area contributed by atoms with Crippen LogP contribution in [0.4, 0.5) is 0 Å². The van der Waals surface area contributed by atoms with Crippen LogP contribution in [0.15, 0.2) is 48.5 Å². The summed E-state index contributed by atoms with van der Waals surface area (Å²) >= 11 is 6.19. The zero-order chi connectivity index (χ0) is 16.7. The topological polar surface area (TPSA) is 55.8 Å². The molecule has 0 saturated heterocycles. The molecule has 0 saturated carbocycles. The summed E-state index contributed by atoms with van der Waals surface area (Å²) in [5.74, 6) is -0.0798. The average Bonchev–Trinajstić information content (AvgIpc) is 2.54. The highest BCUT2D eigenvalue weighted by atomic mass is 35.5. The molecule has 2 aromatic rings. The summed E-state index contributed by atoms with van der Waals surface area (Å²) in [5, 5.41) is 10.7. The van der Waals surface area contributed by atoms with E-state index in [9.17, 15) is 9.90 Å². The van der Waals surface area contributed by atoms with Crippen molar-refractivity contribution in [2.45, 2.75) is 26.1 Å². The lowest BCUT2D eigenvalue weighted by Gasteiger charge is -2.17. The molecule has 122 valence electrons. The molecule has 1 N–H and O–H groups in total. The van der Waals surface area contributed by atoms with E-state index in [1.165, 1.54) is 0 Å². The molecule has 5 heteroatoms. The minimum absolute atomic E-state index is 0.143. The maximum atomic E-state index is 11.5. The molecule has 23 heavy (non-hydrogen) atoms. The Hall–Kier alpha value is -2.04. The van der Waals surface area contributed by atoms with Crippen molar-refractivity contribution in [3.05, 3.63) is 64.7 Å². The van der Waals surface area contributed by atoms with E-state index in [2.05, 4.69) is 0 Å². The van der Waals surface area contributed by atoms with Crippen LogP contribution in [0.1, 0.15) is 30.6 Å². The van der Waals surface area contributed by atoms with Crippen LogP contribution in [-0.2, 0) is 16.1 Å². The smallest absolute Gasteiger partial charge is 0.308 e. The Morgan fingerprint density at radius 2 is 1.91 bits per heavy atom. The summed E-state index contributed by atoms with van der Waals surface area (Å²) in [4.78, 5) is 11.5. The van der Waals surface area contributed by atoms with E-state index in [0.717, 1.165) is 5.56 Å². The Morgan fingerprint density at radius 3 is 2.61 bits per heavy atom. The van der Waals surface area contributed by atoms with Gasteiger partial charge in [-0.3, -0.25) is 4.79 Å². The summed E-state index contributed by atoms with van der Waals surface area (Å²) in [6.45, 7) is 2.32. The second kappa shape index (κ2) is 8.56. The van der Waals surface area contributed by atoms with Crippen LogP contribution in [-0.4, -0.2) is 17.7 Å². The number of aliphatic hydroxyl groups is 1. The van der Waals surface area contributed by atoms with Crippen molar-refractivity contribution in [3.8, 4) is 5.75 Å². The molecule has 0 aliphatic carbocycles. The number of halogens is 1. The molecule has 0 heterocycles. The fraction of sp³-hybridized carbons (Fsp3) is 0.278. The third-order valence-electron chi connectivity index (χ3n) is 3.25. The number of aliphatic hydroxyl groups excluding tert-OH is 1. The number of hydrogen-bond donors (Lipinski definition) is 1. The van der Waals surface area contributed by atoms with Crippen LogP contribution < -0.4 is 4.74 Å². The first-order chi connectivity index (χ1) is 11.1. The van der Waals surface area contributed by atoms with Crippen LogP contribution in [0.5, 0.6) is 5.75 Å². The Morgan fingerprint density at radius 1 is 1.17 bits per heavy atom. The van der Waals surface area contributed by atoms with Crippen LogP contribution in [0.2, 0.25) is 5.02 Å². The van der Waals surface area contributed by atoms with Gasteiger partial charge in [0.1, 0.15) is 12.4 Å². The largest absolute Gasteiger partial charge is 0.487 e. The molecular formula is C18H19ClO4. The highest BCUT2D eigenvalue weighted by Gasteiger charge is 2.20. The molecule has 1 atom stereocenters. The minimum atomic E-state index is -1.03. The van der Waals surface area contributed by atoms with Crippen molar-refractivity contribution in [1.82, 2.24) is 0 Å². The second-order valence-corrected chi connectivity index (χ2v) is 5.36. The van der Waals surface area contributed by atoms with E-state index in [1.807, 2.05) is 30.3 Å². The number of esters is 1. The standard InChI is InChI=1S/C18H19ClO4/c1-2-22-17(21)11-16(20)14-9-6-10-15(19)18(14)23-12-13-7-4-3-5-8-13/h3-10,16,20H,2,11-12H2,1H3. The lowest BCUT2D eigenvalue weighted by atomic mass is 10.1. The van der Waals surface area contributed by atoms with Gasteiger partial charge in [0.2, 0.25) is 0 Å². The lowest BCUT2D eigenvalue weighted by molar-refractivity contribution is -0.145. The molecule has 0 amide bonds. The van der Waals surface area contributed by atoms with Crippen molar-refractivity contribution >= 4 is 17.6 Å². The van der Waals surface area contributed by atoms with E-state index in [0.29, 0.717) is 22.9 Å². The Balaban J connectivity index is 2.13. The van der Waals surface area contributed by atoms with Gasteiger partial charge in [-0.25, -0.2) is 0 Å². The molecule has 1 unspecified atom stereocenters. The normalized spacial score (nSPS) is 11.8. The van der Waals surface area contributed by atoms with Gasteiger partial charge in [-0.1, -0.05) is 54.1 Å². The zero-order valence-corrected chi connectivity index (χ0v) is 13.6. The first kappa shape index (κ1) is 17.3. The monoisotopic (exact) mass is 334 g/mol. The molecule has 0 radical (unpaired) electrons. The minimum Gasteiger partial charge on any atom is -0.487 e. The fourth-order valence-electron chi connectivity index (χ4n) is 2.16. The first-order valence-corrected chi connectivity index (χ1v) is 7.78. The SMILES string of the molecule is CCOC(=O)CC(O)c1cccc(Cl)c1OCc1ccccc1. The molecule has 0 aliphatic heterocycles. The first-order valence-electron chi connectivity index (χ1n) is 7.40. The predicted molar refractivity (Wildman–Crippen MR) is 88.4 cm³/mol. The van der Waals surface area contributed by atoms with Gasteiger partial charge in [0.15, 0.2) is 0 Å². The summed E-state index contributed by atoms with van der Waals surface area (Å²) in [7, 11) is 0. The van der Waals surface area contributed by atoms with Crippen molar-refractivity contribution in [2.75, 3.05) is 6.61 Å². The number of carbonyl (C=O) groups is 1. The van der Waals surface area contributed by atoms with E-state index >= 15 is 0 Å². The van der Waals surface area contributed by atoms with Gasteiger partial charge in [-0.05, 0) is 18.6 Å². The van der Waals surface area contributed by atoms with E-state index in [-0.39, 0.29) is 13.0 Å². The second-order valence-electron chi connectivity index (χ2n) is 4.96. The number of benzene rings is 2. The van der Waals surface area contributed by atoms with Gasteiger partial charge in [-0.2, -0.15) is 0 Å². The summed E-state index contributed by atoms with van der Waals surface area (Å²) < 4.78 is 10.6. The van der Waals surface area contributed by atoms with Crippen molar-refractivity contribution < 1.29 is 19.4 Å². The number of para-hydroxylation sites is 1. The van der Waals surface area contributed by atoms with Crippen molar-refractivity contribution in [3.63, 3.8) is 0 Å². The molecule has 0 aliphatic rings. The molecule has 2 aromatic carbocycles. The number of ether oxygens (including phenoxy) is 2. The number of carbonyl (C=O) groups excluding carboxylic acids is 1. The van der Waals surface area contributed by atoms with Gasteiger partial charge in [0.25, 0.3) is 0 Å². The molecule has 0 aromatic heterocycles. The fourth-order valence-corrected chi connectivity index (χ4v) is 2.39. The average molecular weight is 335 g/mol. The van der Waals surface area contributed by atoms with Gasteiger partial charge in [0.05, 0.1) is 24.2 Å². The molecule has 4 nitrogen and oxygen atoms in total. The third kappa shape index (κ3) is 4.98. The van der Waals surface area contributed by atoms with Gasteiger partial charge < -0.3 is 14.6 Å². The lowest BCUT2D eigenvalue weighted by Crippen LogP contribution is -2.11. The third-order valence-corrected chi connectivity index (χ3v) is 3.55. The van der Waals surface area contributed by atoms with E-state index in [4.69, 9.17) is 21.1 Å². The molecule has 0 fully saturated rings. The maximum absolute atomic E-state index is 11.5.